The van der Waals surface area contributed by atoms with Crippen LogP contribution < -0.4 is 5.14 Å². The molecule has 1 atom stereocenters. The second-order valence-electron chi connectivity index (χ2n) is 6.27. The molecule has 2 aromatic carbocycles. The number of hydrogen-bond acceptors (Lipinski definition) is 5. The number of sulfonamides is 1. The Morgan fingerprint density at radius 2 is 1.65 bits per heavy atom. The number of rotatable bonds is 5. The van der Waals surface area contributed by atoms with Gasteiger partial charge in [0.2, 0.25) is 10.0 Å². The Hall–Kier alpha value is -1.78. The summed E-state index contributed by atoms with van der Waals surface area (Å²) in [6.45, 7) is 1.68. The molecule has 0 fully saturated rings. The molecule has 0 spiro atoms. The topological polar surface area (TPSA) is 107 Å². The molecule has 0 aliphatic carbocycles. The first-order valence-electron chi connectivity index (χ1n) is 7.99. The average Bonchev–Trinajstić information content (AvgIpc) is 2.59. The van der Waals surface area contributed by atoms with Gasteiger partial charge in [0.1, 0.15) is 0 Å². The molecule has 1 heterocycles. The van der Waals surface area contributed by atoms with Crippen LogP contribution in [0.4, 0.5) is 0 Å². The molecule has 26 heavy (non-hydrogen) atoms. The molecule has 0 saturated heterocycles. The summed E-state index contributed by atoms with van der Waals surface area (Å²) in [5.41, 5.74) is 2.79. The SMILES string of the molecule is Cc1ccc(S(=O)(=O)N2Cc3ccccc3CC2COS(N)(=O)=O)cc1. The number of nitrogens with two attached hydrogens (primary N) is 1. The van der Waals surface area contributed by atoms with Crippen LogP contribution in [0.3, 0.4) is 0 Å². The Morgan fingerprint density at radius 1 is 1.04 bits per heavy atom. The third kappa shape index (κ3) is 4.13. The molecule has 3 rings (SSSR count). The Balaban J connectivity index is 1.98. The van der Waals surface area contributed by atoms with Gasteiger partial charge in [0.25, 0.3) is 0 Å². The Kier molecular flexibility index (Phi) is 5.18. The van der Waals surface area contributed by atoms with Crippen molar-refractivity contribution in [1.29, 1.82) is 0 Å². The van der Waals surface area contributed by atoms with Crippen LogP contribution in [0.1, 0.15) is 16.7 Å². The van der Waals surface area contributed by atoms with E-state index in [9.17, 15) is 16.8 Å². The van der Waals surface area contributed by atoms with Gasteiger partial charge in [-0.05, 0) is 36.6 Å². The molecule has 0 amide bonds. The second kappa shape index (κ2) is 7.09. The first-order valence-corrected chi connectivity index (χ1v) is 10.9. The Bertz CT molecular complexity index is 1000. The van der Waals surface area contributed by atoms with Gasteiger partial charge in [0.15, 0.2) is 0 Å². The summed E-state index contributed by atoms with van der Waals surface area (Å²) in [6, 6.07) is 13.3. The smallest absolute Gasteiger partial charge is 0.257 e. The molecule has 2 N–H and O–H groups in total. The predicted molar refractivity (Wildman–Crippen MR) is 96.9 cm³/mol. The molecule has 0 aromatic heterocycles. The lowest BCUT2D eigenvalue weighted by Crippen LogP contribution is -2.47. The zero-order chi connectivity index (χ0) is 18.9. The highest BCUT2D eigenvalue weighted by Crippen LogP contribution is 2.29. The fourth-order valence-corrected chi connectivity index (χ4v) is 4.94. The lowest BCUT2D eigenvalue weighted by Gasteiger charge is -2.35. The fraction of sp³-hybridized carbons (Fsp3) is 0.294. The van der Waals surface area contributed by atoms with Crippen LogP contribution in [-0.2, 0) is 37.5 Å². The van der Waals surface area contributed by atoms with E-state index in [-0.39, 0.29) is 18.0 Å². The van der Waals surface area contributed by atoms with Gasteiger partial charge >= 0.3 is 10.3 Å². The summed E-state index contributed by atoms with van der Waals surface area (Å²) in [4.78, 5) is 0.156. The predicted octanol–water partition coefficient (Wildman–Crippen LogP) is 1.33. The molecule has 1 aliphatic rings. The summed E-state index contributed by atoms with van der Waals surface area (Å²) < 4.78 is 54.6. The molecule has 0 radical (unpaired) electrons. The zero-order valence-corrected chi connectivity index (χ0v) is 15.8. The van der Waals surface area contributed by atoms with Crippen molar-refractivity contribution in [2.24, 2.45) is 5.14 Å². The summed E-state index contributed by atoms with van der Waals surface area (Å²) >= 11 is 0. The molecule has 140 valence electrons. The van der Waals surface area contributed by atoms with Gasteiger partial charge in [-0.3, -0.25) is 4.18 Å². The standard InChI is InChI=1S/C17H20N2O5S2/c1-13-6-8-17(9-7-13)25(20,21)19-11-15-5-3-2-4-14(15)10-16(19)12-24-26(18,22)23/h2-9,16H,10-12H2,1H3,(H2,18,22,23). The van der Waals surface area contributed by atoms with Crippen LogP contribution in [0.2, 0.25) is 0 Å². The monoisotopic (exact) mass is 396 g/mol. The van der Waals surface area contributed by atoms with E-state index in [0.29, 0.717) is 6.42 Å². The van der Waals surface area contributed by atoms with Crippen LogP contribution in [0.5, 0.6) is 0 Å². The molecular weight excluding hydrogens is 376 g/mol. The lowest BCUT2D eigenvalue weighted by atomic mass is 9.96. The third-order valence-corrected chi connectivity index (χ3v) is 6.74. The van der Waals surface area contributed by atoms with E-state index in [2.05, 4.69) is 0 Å². The maximum absolute atomic E-state index is 13.1. The molecule has 9 heteroatoms. The largest absolute Gasteiger partial charge is 0.333 e. The van der Waals surface area contributed by atoms with Gasteiger partial charge in [-0.1, -0.05) is 42.0 Å². The summed E-state index contributed by atoms with van der Waals surface area (Å²) in [5.74, 6) is 0. The van der Waals surface area contributed by atoms with Crippen molar-refractivity contribution in [3.8, 4) is 0 Å². The van der Waals surface area contributed by atoms with Crippen molar-refractivity contribution in [2.75, 3.05) is 6.61 Å². The molecule has 2 aromatic rings. The fourth-order valence-electron chi connectivity index (χ4n) is 3.01. The second-order valence-corrected chi connectivity index (χ2v) is 9.38. The number of aryl methyl sites for hydroxylation is 1. The van der Waals surface area contributed by atoms with Gasteiger partial charge in [-0.15, -0.1) is 0 Å². The number of nitrogens with zero attached hydrogens (tertiary/aromatic N) is 1. The Labute approximate surface area is 153 Å². The van der Waals surface area contributed by atoms with Crippen molar-refractivity contribution < 1.29 is 21.0 Å². The van der Waals surface area contributed by atoms with Crippen LogP contribution in [0.15, 0.2) is 53.4 Å². The summed E-state index contributed by atoms with van der Waals surface area (Å²) in [5, 5.41) is 4.91. The minimum atomic E-state index is -4.16. The van der Waals surface area contributed by atoms with E-state index >= 15 is 0 Å². The van der Waals surface area contributed by atoms with E-state index in [1.165, 1.54) is 4.31 Å². The van der Waals surface area contributed by atoms with Gasteiger partial charge < -0.3 is 0 Å². The first-order chi connectivity index (χ1) is 12.2. The van der Waals surface area contributed by atoms with Crippen molar-refractivity contribution in [2.45, 2.75) is 30.8 Å². The van der Waals surface area contributed by atoms with Crippen LogP contribution in [0, 0.1) is 6.92 Å². The number of benzene rings is 2. The normalized spacial score (nSPS) is 18.5. The van der Waals surface area contributed by atoms with Gasteiger partial charge in [-0.25, -0.2) is 13.6 Å². The first kappa shape index (κ1) is 19.0. The molecule has 1 aliphatic heterocycles. The lowest BCUT2D eigenvalue weighted by molar-refractivity contribution is 0.193. The minimum Gasteiger partial charge on any atom is -0.257 e. The maximum Gasteiger partial charge on any atom is 0.333 e. The van der Waals surface area contributed by atoms with E-state index in [0.717, 1.165) is 16.7 Å². The maximum atomic E-state index is 13.1. The molecule has 0 bridgehead atoms. The van der Waals surface area contributed by atoms with Crippen LogP contribution >= 0.6 is 0 Å². The molecule has 1 unspecified atom stereocenters. The van der Waals surface area contributed by atoms with Crippen LogP contribution in [0.25, 0.3) is 0 Å². The van der Waals surface area contributed by atoms with Gasteiger partial charge in [0.05, 0.1) is 17.5 Å². The van der Waals surface area contributed by atoms with Crippen molar-refractivity contribution >= 4 is 20.3 Å². The minimum absolute atomic E-state index is 0.144. The highest BCUT2D eigenvalue weighted by molar-refractivity contribution is 7.89. The molecule has 7 nitrogen and oxygen atoms in total. The molecule has 0 saturated carbocycles. The van der Waals surface area contributed by atoms with Crippen LogP contribution in [-0.4, -0.2) is 33.8 Å². The van der Waals surface area contributed by atoms with Crippen molar-refractivity contribution in [3.63, 3.8) is 0 Å². The molecular formula is C17H20N2O5S2. The zero-order valence-electron chi connectivity index (χ0n) is 14.2. The van der Waals surface area contributed by atoms with E-state index in [1.807, 2.05) is 31.2 Å². The van der Waals surface area contributed by atoms with E-state index in [1.54, 1.807) is 24.3 Å². The number of hydrogen-bond donors (Lipinski definition) is 1. The third-order valence-electron chi connectivity index (χ3n) is 4.36. The summed E-state index contributed by atoms with van der Waals surface area (Å²) in [7, 11) is -7.98. The van der Waals surface area contributed by atoms with Crippen molar-refractivity contribution in [3.05, 3.63) is 65.2 Å². The average molecular weight is 396 g/mol. The summed E-state index contributed by atoms with van der Waals surface area (Å²) in [6.07, 6.45) is 0.344. The van der Waals surface area contributed by atoms with E-state index in [4.69, 9.17) is 9.32 Å². The van der Waals surface area contributed by atoms with Crippen molar-refractivity contribution in [1.82, 2.24) is 4.31 Å². The highest BCUT2D eigenvalue weighted by atomic mass is 32.2. The van der Waals surface area contributed by atoms with Gasteiger partial charge in [-0.2, -0.15) is 12.7 Å². The van der Waals surface area contributed by atoms with Gasteiger partial charge in [0, 0.05) is 6.54 Å². The Morgan fingerprint density at radius 3 is 2.27 bits per heavy atom. The number of fused-ring (bicyclic) bond motifs is 1. The van der Waals surface area contributed by atoms with E-state index < -0.39 is 26.4 Å². The quantitative estimate of drug-likeness (QED) is 0.820. The highest BCUT2D eigenvalue weighted by Gasteiger charge is 2.36.